The maximum Gasteiger partial charge on any atom is 0.311 e. The van der Waals surface area contributed by atoms with Gasteiger partial charge in [0.15, 0.2) is 5.78 Å². The SMILES string of the molecule is Cc1ccc(N2N=C(c3cccs3)CC2=O)cc1C.O=C(O)CC(=O)c1cccs1. The molecule has 3 aromatic rings. The van der Waals surface area contributed by atoms with Crippen LogP contribution in [0, 0.1) is 13.8 Å². The van der Waals surface area contributed by atoms with E-state index in [0.29, 0.717) is 11.3 Å². The van der Waals surface area contributed by atoms with Gasteiger partial charge < -0.3 is 5.11 Å². The zero-order chi connectivity index (χ0) is 21.7. The molecule has 0 saturated carbocycles. The molecule has 6 nitrogen and oxygen atoms in total. The van der Waals surface area contributed by atoms with Crippen molar-refractivity contribution in [2.45, 2.75) is 26.7 Å². The van der Waals surface area contributed by atoms with E-state index in [2.05, 4.69) is 12.0 Å². The van der Waals surface area contributed by atoms with Crippen LogP contribution in [0.5, 0.6) is 0 Å². The minimum atomic E-state index is -1.08. The Labute approximate surface area is 182 Å². The predicted molar refractivity (Wildman–Crippen MR) is 120 cm³/mol. The number of carboxylic acids is 1. The van der Waals surface area contributed by atoms with Gasteiger partial charge in [0.1, 0.15) is 6.42 Å². The van der Waals surface area contributed by atoms with Crippen LogP contribution in [0.3, 0.4) is 0 Å². The molecule has 0 atom stereocenters. The first kappa shape index (κ1) is 21.6. The number of hydrogen-bond donors (Lipinski definition) is 1. The highest BCUT2D eigenvalue weighted by molar-refractivity contribution is 7.12. The highest BCUT2D eigenvalue weighted by Crippen LogP contribution is 2.26. The summed E-state index contributed by atoms with van der Waals surface area (Å²) in [4.78, 5) is 34.7. The van der Waals surface area contributed by atoms with E-state index in [1.807, 2.05) is 42.6 Å². The van der Waals surface area contributed by atoms with Crippen LogP contribution in [0.1, 0.15) is 38.5 Å². The van der Waals surface area contributed by atoms with Crippen molar-refractivity contribution in [3.8, 4) is 0 Å². The van der Waals surface area contributed by atoms with Gasteiger partial charge in [0.2, 0.25) is 0 Å². The average Bonchev–Trinajstić information content (AvgIpc) is 3.45. The Morgan fingerprint density at radius 3 is 2.40 bits per heavy atom. The molecule has 154 valence electrons. The lowest BCUT2D eigenvalue weighted by atomic mass is 10.1. The summed E-state index contributed by atoms with van der Waals surface area (Å²) < 4.78 is 0. The number of Topliss-reactive ketones (excluding diaryl/α,β-unsaturated/α-hetero) is 1. The molecular formula is C22H20N2O4S2. The number of hydrazone groups is 1. The first-order chi connectivity index (χ1) is 14.3. The van der Waals surface area contributed by atoms with E-state index in [0.717, 1.165) is 16.3 Å². The van der Waals surface area contributed by atoms with Gasteiger partial charge in [-0.15, -0.1) is 22.7 Å². The van der Waals surface area contributed by atoms with Gasteiger partial charge in [0, 0.05) is 0 Å². The third-order valence-corrected chi connectivity index (χ3v) is 6.25. The fraction of sp³-hybridized carbons (Fsp3) is 0.182. The highest BCUT2D eigenvalue weighted by atomic mass is 32.1. The van der Waals surface area contributed by atoms with Gasteiger partial charge in [0.25, 0.3) is 5.91 Å². The van der Waals surface area contributed by atoms with Crippen LogP contribution >= 0.6 is 22.7 Å². The summed E-state index contributed by atoms with van der Waals surface area (Å²) in [6.07, 6.45) is -0.0338. The fourth-order valence-electron chi connectivity index (χ4n) is 2.73. The molecule has 1 amide bonds. The minimum absolute atomic E-state index is 0.0339. The van der Waals surface area contributed by atoms with Crippen LogP contribution in [0.2, 0.25) is 0 Å². The van der Waals surface area contributed by atoms with Crippen molar-refractivity contribution in [1.29, 1.82) is 0 Å². The highest BCUT2D eigenvalue weighted by Gasteiger charge is 2.26. The van der Waals surface area contributed by atoms with Crippen molar-refractivity contribution >= 4 is 51.7 Å². The van der Waals surface area contributed by atoms with Crippen molar-refractivity contribution in [3.05, 3.63) is 74.1 Å². The summed E-state index contributed by atoms with van der Waals surface area (Å²) in [6.45, 7) is 4.11. The molecule has 0 fully saturated rings. The minimum Gasteiger partial charge on any atom is -0.481 e. The summed E-state index contributed by atoms with van der Waals surface area (Å²) in [7, 11) is 0. The van der Waals surface area contributed by atoms with Crippen LogP contribution in [0.25, 0.3) is 0 Å². The number of rotatable bonds is 5. The molecule has 1 aliphatic heterocycles. The number of hydrogen-bond acceptors (Lipinski definition) is 6. The third-order valence-electron chi connectivity index (χ3n) is 4.42. The van der Waals surface area contributed by atoms with Crippen LogP contribution in [0.15, 0.2) is 58.3 Å². The summed E-state index contributed by atoms with van der Waals surface area (Å²) >= 11 is 2.88. The van der Waals surface area contributed by atoms with Gasteiger partial charge in [0.05, 0.1) is 27.6 Å². The van der Waals surface area contributed by atoms with Gasteiger partial charge in [-0.05, 0) is 60.0 Å². The number of amides is 1. The van der Waals surface area contributed by atoms with Crippen LogP contribution in [-0.4, -0.2) is 28.5 Å². The predicted octanol–water partition coefficient (Wildman–Crippen LogP) is 4.91. The fourth-order valence-corrected chi connectivity index (χ4v) is 4.10. The summed E-state index contributed by atoms with van der Waals surface area (Å²) in [5.41, 5.74) is 4.10. The molecule has 30 heavy (non-hydrogen) atoms. The smallest absolute Gasteiger partial charge is 0.311 e. The number of ketones is 1. The van der Waals surface area contributed by atoms with Gasteiger partial charge in [-0.1, -0.05) is 18.2 Å². The van der Waals surface area contributed by atoms with E-state index in [-0.39, 0.29) is 11.7 Å². The number of carbonyl (C=O) groups excluding carboxylic acids is 2. The number of carbonyl (C=O) groups is 3. The van der Waals surface area contributed by atoms with E-state index in [1.165, 1.54) is 27.5 Å². The first-order valence-electron chi connectivity index (χ1n) is 9.15. The molecule has 4 rings (SSSR count). The molecule has 0 bridgehead atoms. The second-order valence-corrected chi connectivity index (χ2v) is 8.54. The largest absolute Gasteiger partial charge is 0.481 e. The summed E-state index contributed by atoms with van der Waals surface area (Å²) in [5, 5.41) is 18.0. The summed E-state index contributed by atoms with van der Waals surface area (Å²) in [5.74, 6) is -1.37. The molecule has 1 aliphatic rings. The van der Waals surface area contributed by atoms with Crippen molar-refractivity contribution in [1.82, 2.24) is 0 Å². The average molecular weight is 441 g/mol. The van der Waals surface area contributed by atoms with Gasteiger partial charge in [-0.25, -0.2) is 5.01 Å². The Morgan fingerprint density at radius 1 is 1.07 bits per heavy atom. The number of aliphatic carboxylic acids is 1. The van der Waals surface area contributed by atoms with E-state index in [9.17, 15) is 14.4 Å². The Balaban J connectivity index is 0.000000199. The van der Waals surface area contributed by atoms with Crippen LogP contribution in [0.4, 0.5) is 5.69 Å². The van der Waals surface area contributed by atoms with Crippen molar-refractivity contribution in [2.75, 3.05) is 5.01 Å². The molecule has 0 aliphatic carbocycles. The van der Waals surface area contributed by atoms with Crippen molar-refractivity contribution in [3.63, 3.8) is 0 Å². The first-order valence-corrected chi connectivity index (χ1v) is 10.9. The van der Waals surface area contributed by atoms with Gasteiger partial charge >= 0.3 is 5.97 Å². The number of benzene rings is 1. The lowest BCUT2D eigenvalue weighted by molar-refractivity contribution is -0.135. The Morgan fingerprint density at radius 2 is 1.80 bits per heavy atom. The zero-order valence-corrected chi connectivity index (χ0v) is 18.1. The molecule has 1 aromatic carbocycles. The van der Waals surface area contributed by atoms with Crippen LogP contribution < -0.4 is 5.01 Å². The topological polar surface area (TPSA) is 87.0 Å². The Hall–Kier alpha value is -3.10. The molecule has 0 spiro atoms. The monoisotopic (exact) mass is 440 g/mol. The lowest BCUT2D eigenvalue weighted by Gasteiger charge is -2.13. The lowest BCUT2D eigenvalue weighted by Crippen LogP contribution is -2.19. The number of nitrogens with zero attached hydrogens (tertiary/aromatic N) is 2. The van der Waals surface area contributed by atoms with E-state index in [4.69, 9.17) is 5.11 Å². The molecule has 8 heteroatoms. The maximum atomic E-state index is 12.1. The molecule has 1 N–H and O–H groups in total. The molecule has 0 radical (unpaired) electrons. The van der Waals surface area contributed by atoms with Crippen molar-refractivity contribution in [2.24, 2.45) is 5.10 Å². The van der Waals surface area contributed by atoms with E-state index in [1.54, 1.807) is 28.8 Å². The maximum absolute atomic E-state index is 12.1. The van der Waals surface area contributed by atoms with Crippen LogP contribution in [-0.2, 0) is 9.59 Å². The van der Waals surface area contributed by atoms with E-state index < -0.39 is 12.4 Å². The quantitative estimate of drug-likeness (QED) is 0.451. The number of thiophene rings is 2. The number of aryl methyl sites for hydroxylation is 2. The second kappa shape index (κ2) is 9.60. The van der Waals surface area contributed by atoms with Crippen molar-refractivity contribution < 1.29 is 19.5 Å². The third kappa shape index (κ3) is 5.28. The summed E-state index contributed by atoms with van der Waals surface area (Å²) in [6, 6.07) is 13.3. The molecule has 3 heterocycles. The second-order valence-electron chi connectivity index (χ2n) is 6.65. The standard InChI is InChI=1S/C15H14N2OS.C7H6O3S/c1-10-5-6-12(8-11(10)2)17-15(18)9-13(16-17)14-4-3-7-19-14;8-5(4-7(9)10)6-2-1-3-11-6/h3-8H,9H2,1-2H3;1-3H,4H2,(H,9,10). The van der Waals surface area contributed by atoms with E-state index >= 15 is 0 Å². The van der Waals surface area contributed by atoms with Gasteiger partial charge in [-0.3, -0.25) is 14.4 Å². The molecule has 2 aromatic heterocycles. The molecule has 0 unspecified atom stereocenters. The number of carboxylic acid groups (broad SMARTS) is 1. The Kier molecular flexibility index (Phi) is 6.91. The molecule has 0 saturated heterocycles. The Bertz CT molecular complexity index is 1090. The normalized spacial score (nSPS) is 12.9. The van der Waals surface area contributed by atoms with Gasteiger partial charge in [-0.2, -0.15) is 5.10 Å². The zero-order valence-electron chi connectivity index (χ0n) is 16.5. The molecular weight excluding hydrogens is 420 g/mol. The number of anilines is 1.